The molecule has 1 aliphatic rings. The Kier molecular flexibility index (Phi) is 9.42. The first-order valence-electron chi connectivity index (χ1n) is 11.3. The Morgan fingerprint density at radius 2 is 1.79 bits per heavy atom. The number of carbonyl (C=O) groups is 2. The van der Waals surface area contributed by atoms with Gasteiger partial charge in [-0.15, -0.1) is 0 Å². The fourth-order valence-corrected chi connectivity index (χ4v) is 4.80. The molecule has 0 saturated heterocycles. The van der Waals surface area contributed by atoms with Gasteiger partial charge >= 0.3 is 0 Å². The highest BCUT2D eigenvalue weighted by molar-refractivity contribution is 6.42. The van der Waals surface area contributed by atoms with E-state index in [1.165, 1.54) is 23.5 Å². The summed E-state index contributed by atoms with van der Waals surface area (Å²) in [6.07, 6.45) is 5.38. The number of rotatable bonds is 8. The van der Waals surface area contributed by atoms with Gasteiger partial charge in [-0.3, -0.25) is 9.59 Å². The maximum Gasteiger partial charge on any atom is 0.243 e. The van der Waals surface area contributed by atoms with E-state index in [1.54, 1.807) is 24.3 Å². The van der Waals surface area contributed by atoms with Crippen LogP contribution in [0.3, 0.4) is 0 Å². The van der Waals surface area contributed by atoms with Crippen LogP contribution < -0.4 is 5.32 Å². The summed E-state index contributed by atoms with van der Waals surface area (Å²) in [6.45, 7) is 1.99. The molecule has 0 radical (unpaired) electrons. The predicted molar refractivity (Wildman–Crippen MR) is 131 cm³/mol. The molecule has 1 atom stereocenters. The molecule has 1 fully saturated rings. The van der Waals surface area contributed by atoms with Gasteiger partial charge in [0.15, 0.2) is 0 Å². The van der Waals surface area contributed by atoms with Crippen molar-refractivity contribution in [2.24, 2.45) is 0 Å². The molecule has 33 heavy (non-hydrogen) atoms. The van der Waals surface area contributed by atoms with Gasteiger partial charge in [-0.2, -0.15) is 0 Å². The molecule has 1 saturated carbocycles. The first-order valence-corrected chi connectivity index (χ1v) is 12.4. The van der Waals surface area contributed by atoms with Gasteiger partial charge < -0.3 is 10.2 Å². The van der Waals surface area contributed by atoms with E-state index in [1.807, 2.05) is 6.92 Å². The van der Waals surface area contributed by atoms with E-state index in [0.717, 1.165) is 31.2 Å². The minimum Gasteiger partial charge on any atom is -0.352 e. The third-order valence-electron chi connectivity index (χ3n) is 6.06. The van der Waals surface area contributed by atoms with Gasteiger partial charge in [-0.25, -0.2) is 4.39 Å². The molecule has 0 bridgehead atoms. The van der Waals surface area contributed by atoms with Gasteiger partial charge in [-0.05, 0) is 49.1 Å². The van der Waals surface area contributed by atoms with Crippen molar-refractivity contribution < 1.29 is 14.0 Å². The average Bonchev–Trinajstić information content (AvgIpc) is 2.79. The van der Waals surface area contributed by atoms with Crippen molar-refractivity contribution >= 4 is 46.6 Å². The Balaban J connectivity index is 1.87. The van der Waals surface area contributed by atoms with E-state index in [2.05, 4.69) is 5.32 Å². The lowest BCUT2D eigenvalue weighted by Gasteiger charge is -2.33. The van der Waals surface area contributed by atoms with E-state index in [-0.39, 0.29) is 35.5 Å². The van der Waals surface area contributed by atoms with Crippen LogP contribution in [0.2, 0.25) is 15.1 Å². The number of nitrogens with zero attached hydrogens (tertiary/aromatic N) is 1. The lowest BCUT2D eigenvalue weighted by Crippen LogP contribution is -2.52. The number of benzene rings is 2. The number of nitrogens with one attached hydrogen (secondary N) is 1. The van der Waals surface area contributed by atoms with E-state index < -0.39 is 17.8 Å². The molecule has 1 N–H and O–H groups in total. The molecule has 2 aromatic carbocycles. The minimum absolute atomic E-state index is 0.114. The molecule has 2 amide bonds. The number of halogens is 4. The molecule has 0 spiro atoms. The van der Waals surface area contributed by atoms with Gasteiger partial charge in [0.05, 0.1) is 16.5 Å². The number of hydrogen-bond acceptors (Lipinski definition) is 2. The summed E-state index contributed by atoms with van der Waals surface area (Å²) in [6, 6.07) is 8.80. The Hall–Kier alpha value is -1.82. The predicted octanol–water partition coefficient (Wildman–Crippen LogP) is 6.58. The number of carbonyl (C=O) groups excluding carboxylic acids is 2. The lowest BCUT2D eigenvalue weighted by molar-refractivity contribution is -0.141. The van der Waals surface area contributed by atoms with E-state index in [9.17, 15) is 14.0 Å². The first kappa shape index (κ1) is 25.8. The van der Waals surface area contributed by atoms with Gasteiger partial charge in [0.25, 0.3) is 0 Å². The fraction of sp³-hybridized carbons (Fsp3) is 0.440. The second-order valence-corrected chi connectivity index (χ2v) is 9.64. The molecule has 0 aliphatic heterocycles. The minimum atomic E-state index is -0.709. The molecule has 3 rings (SSSR count). The number of amides is 2. The Morgan fingerprint density at radius 3 is 2.42 bits per heavy atom. The second kappa shape index (κ2) is 12.0. The van der Waals surface area contributed by atoms with E-state index in [4.69, 9.17) is 34.8 Å². The third kappa shape index (κ3) is 6.84. The van der Waals surface area contributed by atoms with Crippen molar-refractivity contribution in [1.29, 1.82) is 0 Å². The van der Waals surface area contributed by atoms with Crippen LogP contribution in [0.15, 0.2) is 36.4 Å². The van der Waals surface area contributed by atoms with Crippen LogP contribution in [-0.4, -0.2) is 28.8 Å². The van der Waals surface area contributed by atoms with Gasteiger partial charge in [0.1, 0.15) is 11.9 Å². The van der Waals surface area contributed by atoms with Crippen LogP contribution in [0.5, 0.6) is 0 Å². The fourth-order valence-electron chi connectivity index (χ4n) is 4.25. The van der Waals surface area contributed by atoms with Crippen LogP contribution in [0.25, 0.3) is 0 Å². The zero-order valence-corrected chi connectivity index (χ0v) is 20.8. The maximum atomic E-state index is 14.4. The Labute approximate surface area is 209 Å². The summed E-state index contributed by atoms with van der Waals surface area (Å²) in [5.41, 5.74) is 0.840. The van der Waals surface area contributed by atoms with Crippen molar-refractivity contribution in [1.82, 2.24) is 10.2 Å². The molecule has 1 unspecified atom stereocenters. The standard InChI is InChI=1S/C25H28Cl3FN2O2/c1-2-23(25(33)30-17-7-4-3-5-8-17)31(15-16-11-12-20(27)21(28)13-16)24(32)14-18-19(26)9-6-10-22(18)29/h6,9-13,17,23H,2-5,7-8,14-15H2,1H3,(H,30,33). The summed E-state index contributed by atoms with van der Waals surface area (Å²) in [7, 11) is 0. The normalized spacial score (nSPS) is 15.2. The topological polar surface area (TPSA) is 49.4 Å². The molecular formula is C25H28Cl3FN2O2. The molecule has 0 aromatic heterocycles. The first-order chi connectivity index (χ1) is 15.8. The smallest absolute Gasteiger partial charge is 0.243 e. The molecule has 8 heteroatoms. The highest BCUT2D eigenvalue weighted by Crippen LogP contribution is 2.26. The number of hydrogen-bond donors (Lipinski definition) is 1. The zero-order chi connectivity index (χ0) is 24.0. The summed E-state index contributed by atoms with van der Waals surface area (Å²) >= 11 is 18.4. The van der Waals surface area contributed by atoms with Crippen molar-refractivity contribution in [3.8, 4) is 0 Å². The third-order valence-corrected chi connectivity index (χ3v) is 7.16. The molecule has 4 nitrogen and oxygen atoms in total. The average molecular weight is 514 g/mol. The van der Waals surface area contributed by atoms with Gasteiger partial charge in [-0.1, -0.05) is 73.1 Å². The quantitative estimate of drug-likeness (QED) is 0.433. The van der Waals surface area contributed by atoms with Crippen molar-refractivity contribution in [3.63, 3.8) is 0 Å². The van der Waals surface area contributed by atoms with Crippen molar-refractivity contribution in [3.05, 3.63) is 68.4 Å². The van der Waals surface area contributed by atoms with Crippen LogP contribution in [-0.2, 0) is 22.6 Å². The lowest BCUT2D eigenvalue weighted by atomic mass is 9.95. The SMILES string of the molecule is CCC(C(=O)NC1CCCCC1)N(Cc1ccc(Cl)c(Cl)c1)C(=O)Cc1c(F)cccc1Cl. The largest absolute Gasteiger partial charge is 0.352 e. The summed E-state index contributed by atoms with van der Waals surface area (Å²) in [5.74, 6) is -1.14. The summed E-state index contributed by atoms with van der Waals surface area (Å²) < 4.78 is 14.4. The van der Waals surface area contributed by atoms with E-state index in [0.29, 0.717) is 16.5 Å². The highest BCUT2D eigenvalue weighted by atomic mass is 35.5. The summed E-state index contributed by atoms with van der Waals surface area (Å²) in [5, 5.41) is 4.06. The van der Waals surface area contributed by atoms with Crippen LogP contribution >= 0.6 is 34.8 Å². The zero-order valence-electron chi connectivity index (χ0n) is 18.6. The Morgan fingerprint density at radius 1 is 1.06 bits per heavy atom. The summed E-state index contributed by atoms with van der Waals surface area (Å²) in [4.78, 5) is 28.2. The Bertz CT molecular complexity index is 975. The van der Waals surface area contributed by atoms with Gasteiger partial charge in [0, 0.05) is 23.2 Å². The molecular weight excluding hydrogens is 486 g/mol. The van der Waals surface area contributed by atoms with E-state index >= 15 is 0 Å². The van der Waals surface area contributed by atoms with Crippen LogP contribution in [0.1, 0.15) is 56.6 Å². The molecule has 178 valence electrons. The second-order valence-electron chi connectivity index (χ2n) is 8.41. The monoisotopic (exact) mass is 512 g/mol. The van der Waals surface area contributed by atoms with Crippen molar-refractivity contribution in [2.75, 3.05) is 0 Å². The molecule has 1 aliphatic carbocycles. The highest BCUT2D eigenvalue weighted by Gasteiger charge is 2.31. The van der Waals surface area contributed by atoms with Gasteiger partial charge in [0.2, 0.25) is 11.8 Å². The van der Waals surface area contributed by atoms with Crippen LogP contribution in [0.4, 0.5) is 4.39 Å². The molecule has 0 heterocycles. The molecule has 2 aromatic rings. The van der Waals surface area contributed by atoms with Crippen LogP contribution in [0, 0.1) is 5.82 Å². The van der Waals surface area contributed by atoms with Crippen molar-refractivity contribution in [2.45, 2.75) is 70.5 Å². The maximum absolute atomic E-state index is 14.4.